The molecule has 0 bridgehead atoms. The first-order valence-corrected chi connectivity index (χ1v) is 7.93. The van der Waals surface area contributed by atoms with E-state index in [4.69, 9.17) is 5.73 Å². The van der Waals surface area contributed by atoms with Crippen molar-refractivity contribution in [3.05, 3.63) is 65.4 Å². The highest BCUT2D eigenvalue weighted by Crippen LogP contribution is 2.27. The Hall–Kier alpha value is -3.59. The molecule has 25 heavy (non-hydrogen) atoms. The van der Waals surface area contributed by atoms with Crippen LogP contribution in [0.3, 0.4) is 0 Å². The highest BCUT2D eigenvalue weighted by Gasteiger charge is 2.15. The van der Waals surface area contributed by atoms with Crippen LogP contribution in [-0.2, 0) is 6.54 Å². The predicted molar refractivity (Wildman–Crippen MR) is 98.1 cm³/mol. The summed E-state index contributed by atoms with van der Waals surface area (Å²) in [7, 11) is 0. The quantitative estimate of drug-likeness (QED) is 0.602. The second kappa shape index (κ2) is 5.80. The first-order valence-electron chi connectivity index (χ1n) is 7.93. The highest BCUT2D eigenvalue weighted by atomic mass is 15.1. The molecule has 0 amide bonds. The highest BCUT2D eigenvalue weighted by molar-refractivity contribution is 5.85. The van der Waals surface area contributed by atoms with Crippen LogP contribution >= 0.6 is 0 Å². The molecule has 122 valence electrons. The fourth-order valence-corrected chi connectivity index (χ4v) is 3.01. The van der Waals surface area contributed by atoms with E-state index in [-0.39, 0.29) is 0 Å². The van der Waals surface area contributed by atoms with Gasteiger partial charge in [0.15, 0.2) is 5.65 Å². The molecule has 1 aromatic carbocycles. The lowest BCUT2D eigenvalue weighted by Gasteiger charge is -2.13. The van der Waals surface area contributed by atoms with Crippen molar-refractivity contribution < 1.29 is 0 Å². The van der Waals surface area contributed by atoms with Crippen LogP contribution in [0.5, 0.6) is 0 Å². The standard InChI is InChI=1S/C19H16N6/c1-12-9-17(23-11-13-5-4-8-22-18(13)21)25-16-7-3-2-6-15(16)24-19(25)14(12)10-20/h2-9,23H,11H2,1H3,(H2,21,22). The number of aromatic nitrogens is 3. The molecule has 0 radical (unpaired) electrons. The minimum atomic E-state index is 0.507. The Balaban J connectivity index is 1.89. The van der Waals surface area contributed by atoms with Gasteiger partial charge in [0, 0.05) is 18.3 Å². The van der Waals surface area contributed by atoms with Crippen molar-refractivity contribution in [2.75, 3.05) is 11.1 Å². The summed E-state index contributed by atoms with van der Waals surface area (Å²) in [6, 6.07) is 15.9. The number of fused-ring (bicyclic) bond motifs is 3. The molecule has 0 saturated carbocycles. The van der Waals surface area contributed by atoms with Gasteiger partial charge in [-0.2, -0.15) is 5.26 Å². The van der Waals surface area contributed by atoms with Crippen molar-refractivity contribution in [1.82, 2.24) is 14.4 Å². The zero-order chi connectivity index (χ0) is 17.4. The third kappa shape index (κ3) is 2.42. The molecule has 0 atom stereocenters. The number of hydrogen-bond acceptors (Lipinski definition) is 5. The number of hydrogen-bond donors (Lipinski definition) is 2. The smallest absolute Gasteiger partial charge is 0.157 e. The van der Waals surface area contributed by atoms with Crippen molar-refractivity contribution in [3.63, 3.8) is 0 Å². The normalized spacial score (nSPS) is 10.9. The maximum absolute atomic E-state index is 9.53. The number of nitrogens with one attached hydrogen (secondary N) is 1. The van der Waals surface area contributed by atoms with Crippen molar-refractivity contribution in [3.8, 4) is 6.07 Å². The minimum Gasteiger partial charge on any atom is -0.383 e. The number of nitrogen functional groups attached to an aromatic ring is 1. The van der Waals surface area contributed by atoms with Crippen LogP contribution < -0.4 is 11.1 Å². The molecule has 3 N–H and O–H groups in total. The number of imidazole rings is 1. The van der Waals surface area contributed by atoms with Crippen molar-refractivity contribution in [2.45, 2.75) is 13.5 Å². The minimum absolute atomic E-state index is 0.507. The monoisotopic (exact) mass is 328 g/mol. The van der Waals surface area contributed by atoms with E-state index in [1.54, 1.807) is 6.20 Å². The van der Waals surface area contributed by atoms with Gasteiger partial charge in [0.2, 0.25) is 0 Å². The number of nitrogens with zero attached hydrogens (tertiary/aromatic N) is 4. The molecule has 3 aromatic heterocycles. The molecule has 0 aliphatic heterocycles. The molecule has 0 spiro atoms. The second-order valence-electron chi connectivity index (χ2n) is 5.86. The van der Waals surface area contributed by atoms with Crippen molar-refractivity contribution in [2.24, 2.45) is 0 Å². The number of pyridine rings is 2. The second-order valence-corrected chi connectivity index (χ2v) is 5.86. The van der Waals surface area contributed by atoms with Gasteiger partial charge in [-0.25, -0.2) is 9.97 Å². The van der Waals surface area contributed by atoms with Crippen molar-refractivity contribution in [1.29, 1.82) is 5.26 Å². The van der Waals surface area contributed by atoms with Crippen LogP contribution in [0, 0.1) is 18.3 Å². The number of benzene rings is 1. The average Bonchev–Trinajstić information content (AvgIpc) is 3.00. The van der Waals surface area contributed by atoms with Gasteiger partial charge in [-0.05, 0) is 36.8 Å². The van der Waals surface area contributed by atoms with Gasteiger partial charge in [-0.1, -0.05) is 18.2 Å². The number of aryl methyl sites for hydroxylation is 1. The van der Waals surface area contributed by atoms with Gasteiger partial charge in [-0.3, -0.25) is 4.40 Å². The molecule has 3 heterocycles. The summed E-state index contributed by atoms with van der Waals surface area (Å²) in [6.07, 6.45) is 1.67. The summed E-state index contributed by atoms with van der Waals surface area (Å²) < 4.78 is 1.98. The number of nitriles is 1. The fourth-order valence-electron chi connectivity index (χ4n) is 3.01. The number of anilines is 2. The first kappa shape index (κ1) is 15.0. The number of para-hydroxylation sites is 2. The lowest BCUT2D eigenvalue weighted by atomic mass is 10.1. The largest absolute Gasteiger partial charge is 0.383 e. The van der Waals surface area contributed by atoms with Gasteiger partial charge in [-0.15, -0.1) is 0 Å². The first-order chi connectivity index (χ1) is 12.2. The molecule has 0 fully saturated rings. The average molecular weight is 328 g/mol. The topological polar surface area (TPSA) is 92.0 Å². The molecular formula is C19H16N6. The fraction of sp³-hybridized carbons (Fsp3) is 0.105. The Morgan fingerprint density at radius 1 is 1.24 bits per heavy atom. The summed E-state index contributed by atoms with van der Waals surface area (Å²) >= 11 is 0. The van der Waals surface area contributed by atoms with E-state index in [0.29, 0.717) is 23.6 Å². The molecule has 0 aliphatic carbocycles. The Kier molecular flexibility index (Phi) is 3.47. The van der Waals surface area contributed by atoms with Crippen LogP contribution in [0.2, 0.25) is 0 Å². The van der Waals surface area contributed by atoms with Crippen LogP contribution in [0.25, 0.3) is 16.7 Å². The molecule has 6 nitrogen and oxygen atoms in total. The van der Waals surface area contributed by atoms with Crippen LogP contribution in [0.15, 0.2) is 48.7 Å². The SMILES string of the molecule is Cc1cc(NCc2cccnc2N)n2c(nc3ccccc32)c1C#N. The van der Waals surface area contributed by atoms with Gasteiger partial charge in [0.25, 0.3) is 0 Å². The lowest BCUT2D eigenvalue weighted by Crippen LogP contribution is -2.08. The Morgan fingerprint density at radius 3 is 2.88 bits per heavy atom. The number of rotatable bonds is 3. The van der Waals surface area contributed by atoms with Gasteiger partial charge < -0.3 is 11.1 Å². The van der Waals surface area contributed by atoms with Crippen LogP contribution in [0.1, 0.15) is 16.7 Å². The molecular weight excluding hydrogens is 312 g/mol. The summed E-state index contributed by atoms with van der Waals surface area (Å²) in [4.78, 5) is 8.76. The third-order valence-electron chi connectivity index (χ3n) is 4.27. The third-order valence-corrected chi connectivity index (χ3v) is 4.27. The Morgan fingerprint density at radius 2 is 2.08 bits per heavy atom. The lowest BCUT2D eigenvalue weighted by molar-refractivity contribution is 1.07. The van der Waals surface area contributed by atoms with Gasteiger partial charge in [0.05, 0.1) is 16.6 Å². The summed E-state index contributed by atoms with van der Waals surface area (Å²) in [5, 5.41) is 12.9. The van der Waals surface area contributed by atoms with E-state index in [0.717, 1.165) is 28.0 Å². The van der Waals surface area contributed by atoms with E-state index < -0.39 is 0 Å². The maximum Gasteiger partial charge on any atom is 0.157 e. The number of nitrogens with two attached hydrogens (primary N) is 1. The molecule has 4 rings (SSSR count). The maximum atomic E-state index is 9.53. The summed E-state index contributed by atoms with van der Waals surface area (Å²) in [5.41, 5.74) is 10.8. The molecule has 4 aromatic rings. The van der Waals surface area contributed by atoms with Crippen LogP contribution in [-0.4, -0.2) is 14.4 Å². The van der Waals surface area contributed by atoms with E-state index in [1.807, 2.05) is 53.8 Å². The molecule has 0 aliphatic rings. The molecule has 6 heteroatoms. The van der Waals surface area contributed by atoms with E-state index in [2.05, 4.69) is 21.4 Å². The molecule has 0 saturated heterocycles. The van der Waals surface area contributed by atoms with E-state index >= 15 is 0 Å². The Bertz CT molecular complexity index is 1140. The predicted octanol–water partition coefficient (Wildman–Crippen LogP) is 3.26. The van der Waals surface area contributed by atoms with E-state index in [9.17, 15) is 5.26 Å². The summed E-state index contributed by atoms with van der Waals surface area (Å²) in [6.45, 7) is 2.45. The van der Waals surface area contributed by atoms with Crippen molar-refractivity contribution >= 4 is 28.3 Å². The zero-order valence-electron chi connectivity index (χ0n) is 13.7. The van der Waals surface area contributed by atoms with Gasteiger partial charge >= 0.3 is 0 Å². The van der Waals surface area contributed by atoms with E-state index in [1.165, 1.54) is 0 Å². The Labute approximate surface area is 144 Å². The zero-order valence-corrected chi connectivity index (χ0v) is 13.7. The summed E-state index contributed by atoms with van der Waals surface area (Å²) in [5.74, 6) is 1.37. The van der Waals surface area contributed by atoms with Crippen LogP contribution in [0.4, 0.5) is 11.6 Å². The van der Waals surface area contributed by atoms with Gasteiger partial charge in [0.1, 0.15) is 17.7 Å². The molecule has 0 unspecified atom stereocenters.